The number of carbonyl (C=O) groups excluding carboxylic acids is 1. The van der Waals surface area contributed by atoms with Crippen LogP contribution in [0.1, 0.15) is 65.2 Å². The van der Waals surface area contributed by atoms with Gasteiger partial charge in [-0.15, -0.1) is 0 Å². The van der Waals surface area contributed by atoms with Crippen LogP contribution in [-0.4, -0.2) is 35.1 Å². The molecule has 1 aliphatic carbocycles. The van der Waals surface area contributed by atoms with Crippen LogP contribution in [0, 0.1) is 17.8 Å². The van der Waals surface area contributed by atoms with Gasteiger partial charge in [-0.2, -0.15) is 0 Å². The van der Waals surface area contributed by atoms with E-state index in [4.69, 9.17) is 0 Å². The van der Waals surface area contributed by atoms with Crippen molar-refractivity contribution >= 4 is 5.91 Å². The Kier molecular flexibility index (Phi) is 5.88. The lowest BCUT2D eigenvalue weighted by molar-refractivity contribution is -0.139. The highest BCUT2D eigenvalue weighted by atomic mass is 16.3. The monoisotopic (exact) mass is 281 g/mol. The van der Waals surface area contributed by atoms with Crippen molar-refractivity contribution in [2.24, 2.45) is 17.8 Å². The molecule has 2 fully saturated rings. The molecule has 116 valence electrons. The van der Waals surface area contributed by atoms with Gasteiger partial charge in [-0.1, -0.05) is 32.6 Å². The van der Waals surface area contributed by atoms with Gasteiger partial charge in [0.2, 0.25) is 5.91 Å². The van der Waals surface area contributed by atoms with Crippen molar-refractivity contribution in [3.63, 3.8) is 0 Å². The number of hydrogen-bond donors (Lipinski definition) is 1. The molecule has 3 heteroatoms. The Balaban J connectivity index is 1.89. The molecular formula is C17H31NO2. The van der Waals surface area contributed by atoms with Gasteiger partial charge in [0.05, 0.1) is 6.10 Å². The first-order chi connectivity index (χ1) is 9.61. The van der Waals surface area contributed by atoms with E-state index in [2.05, 4.69) is 6.92 Å². The fraction of sp³-hybridized carbons (Fsp3) is 0.941. The van der Waals surface area contributed by atoms with E-state index in [0.717, 1.165) is 44.7 Å². The van der Waals surface area contributed by atoms with E-state index in [1.165, 1.54) is 25.7 Å². The minimum Gasteiger partial charge on any atom is -0.393 e. The van der Waals surface area contributed by atoms with Gasteiger partial charge in [-0.05, 0) is 38.5 Å². The zero-order valence-corrected chi connectivity index (χ0v) is 13.2. The summed E-state index contributed by atoms with van der Waals surface area (Å²) in [6.45, 7) is 5.66. The molecule has 3 nitrogen and oxygen atoms in total. The van der Waals surface area contributed by atoms with E-state index in [1.807, 2.05) is 11.8 Å². The summed E-state index contributed by atoms with van der Waals surface area (Å²) in [5, 5.41) is 9.76. The van der Waals surface area contributed by atoms with E-state index in [9.17, 15) is 9.90 Å². The topological polar surface area (TPSA) is 40.5 Å². The van der Waals surface area contributed by atoms with Gasteiger partial charge in [0, 0.05) is 24.9 Å². The highest BCUT2D eigenvalue weighted by Crippen LogP contribution is 2.32. The predicted molar refractivity (Wildman–Crippen MR) is 81.3 cm³/mol. The van der Waals surface area contributed by atoms with E-state index in [0.29, 0.717) is 5.91 Å². The highest BCUT2D eigenvalue weighted by Gasteiger charge is 2.31. The van der Waals surface area contributed by atoms with Gasteiger partial charge >= 0.3 is 0 Å². The number of piperidine rings is 1. The highest BCUT2D eigenvalue weighted by molar-refractivity contribution is 5.79. The predicted octanol–water partition coefficient (Wildman–Crippen LogP) is 3.21. The molecule has 1 N–H and O–H groups in total. The summed E-state index contributed by atoms with van der Waals surface area (Å²) in [6.07, 6.45) is 9.20. The lowest BCUT2D eigenvalue weighted by Gasteiger charge is -2.36. The van der Waals surface area contributed by atoms with Gasteiger partial charge < -0.3 is 10.0 Å². The minimum absolute atomic E-state index is 0.214. The second-order valence-electron chi connectivity index (χ2n) is 6.92. The number of hydrogen-bond acceptors (Lipinski definition) is 2. The molecule has 0 radical (unpaired) electrons. The third-order valence-corrected chi connectivity index (χ3v) is 5.39. The third-order valence-electron chi connectivity index (χ3n) is 5.39. The van der Waals surface area contributed by atoms with Crippen molar-refractivity contribution in [2.75, 3.05) is 13.1 Å². The Morgan fingerprint density at radius 3 is 2.55 bits per heavy atom. The molecule has 1 saturated carbocycles. The Morgan fingerprint density at radius 1 is 1.25 bits per heavy atom. The maximum Gasteiger partial charge on any atom is 0.225 e. The van der Waals surface area contributed by atoms with E-state index in [-0.39, 0.29) is 17.9 Å². The van der Waals surface area contributed by atoms with Crippen LogP contribution in [0.2, 0.25) is 0 Å². The third kappa shape index (κ3) is 3.97. The SMILES string of the molecule is CCC(CC1CCCC1)C(=O)N1CCCC(C(C)O)C1. The molecule has 1 heterocycles. The van der Waals surface area contributed by atoms with Crippen LogP contribution in [0.25, 0.3) is 0 Å². The van der Waals surface area contributed by atoms with Crippen LogP contribution >= 0.6 is 0 Å². The summed E-state index contributed by atoms with van der Waals surface area (Å²) in [5.74, 6) is 1.62. The van der Waals surface area contributed by atoms with Crippen molar-refractivity contribution in [1.82, 2.24) is 4.90 Å². The number of amides is 1. The number of aliphatic hydroxyl groups is 1. The van der Waals surface area contributed by atoms with E-state index >= 15 is 0 Å². The van der Waals surface area contributed by atoms with Gasteiger partial charge in [-0.3, -0.25) is 4.79 Å². The molecule has 0 aromatic heterocycles. The standard InChI is InChI=1S/C17H31NO2/c1-3-15(11-14-7-4-5-8-14)17(20)18-10-6-9-16(12-18)13(2)19/h13-16,19H,3-12H2,1-2H3. The summed E-state index contributed by atoms with van der Waals surface area (Å²) >= 11 is 0. The van der Waals surface area contributed by atoms with Crippen LogP contribution in [-0.2, 0) is 4.79 Å². The number of aliphatic hydroxyl groups excluding tert-OH is 1. The average molecular weight is 281 g/mol. The van der Waals surface area contributed by atoms with Crippen LogP contribution in [0.5, 0.6) is 0 Å². The smallest absolute Gasteiger partial charge is 0.225 e. The maximum absolute atomic E-state index is 12.7. The first-order valence-electron chi connectivity index (χ1n) is 8.58. The molecule has 0 aromatic rings. The molecule has 1 amide bonds. The van der Waals surface area contributed by atoms with Gasteiger partial charge in [0.15, 0.2) is 0 Å². The molecule has 0 spiro atoms. The normalized spacial score (nSPS) is 27.6. The molecule has 3 atom stereocenters. The number of carbonyl (C=O) groups is 1. The largest absolute Gasteiger partial charge is 0.393 e. The fourth-order valence-electron chi connectivity index (χ4n) is 3.95. The average Bonchev–Trinajstić information content (AvgIpc) is 2.97. The van der Waals surface area contributed by atoms with Gasteiger partial charge in [0.1, 0.15) is 0 Å². The summed E-state index contributed by atoms with van der Waals surface area (Å²) in [7, 11) is 0. The van der Waals surface area contributed by atoms with Gasteiger partial charge in [-0.25, -0.2) is 0 Å². The van der Waals surface area contributed by atoms with Crippen LogP contribution in [0.15, 0.2) is 0 Å². The van der Waals surface area contributed by atoms with Gasteiger partial charge in [0.25, 0.3) is 0 Å². The van der Waals surface area contributed by atoms with E-state index in [1.54, 1.807) is 0 Å². The fourth-order valence-corrected chi connectivity index (χ4v) is 3.95. The first kappa shape index (κ1) is 15.8. The first-order valence-corrected chi connectivity index (χ1v) is 8.58. The summed E-state index contributed by atoms with van der Waals surface area (Å²) < 4.78 is 0. The molecule has 3 unspecified atom stereocenters. The lowest BCUT2D eigenvalue weighted by atomic mass is 9.88. The lowest BCUT2D eigenvalue weighted by Crippen LogP contribution is -2.45. The maximum atomic E-state index is 12.7. The van der Waals surface area contributed by atoms with Crippen LogP contribution in [0.3, 0.4) is 0 Å². The van der Waals surface area contributed by atoms with Crippen LogP contribution in [0.4, 0.5) is 0 Å². The zero-order chi connectivity index (χ0) is 14.5. The second kappa shape index (κ2) is 7.44. The molecule has 0 aromatic carbocycles. The molecule has 2 rings (SSSR count). The molecule has 1 aliphatic heterocycles. The second-order valence-corrected chi connectivity index (χ2v) is 6.92. The summed E-state index contributed by atoms with van der Waals surface area (Å²) in [4.78, 5) is 14.8. The van der Waals surface area contributed by atoms with Crippen molar-refractivity contribution in [2.45, 2.75) is 71.3 Å². The molecule has 0 bridgehead atoms. The van der Waals surface area contributed by atoms with Crippen molar-refractivity contribution in [1.29, 1.82) is 0 Å². The van der Waals surface area contributed by atoms with Crippen LogP contribution < -0.4 is 0 Å². The zero-order valence-electron chi connectivity index (χ0n) is 13.2. The molecular weight excluding hydrogens is 250 g/mol. The summed E-state index contributed by atoms with van der Waals surface area (Å²) in [6, 6.07) is 0. The Labute approximate surface area is 123 Å². The quantitative estimate of drug-likeness (QED) is 0.840. The minimum atomic E-state index is -0.291. The molecule has 20 heavy (non-hydrogen) atoms. The summed E-state index contributed by atoms with van der Waals surface area (Å²) in [5.41, 5.74) is 0. The Bertz CT molecular complexity index is 304. The molecule has 2 aliphatic rings. The van der Waals surface area contributed by atoms with Crippen molar-refractivity contribution in [3.05, 3.63) is 0 Å². The van der Waals surface area contributed by atoms with Crippen molar-refractivity contribution < 1.29 is 9.90 Å². The van der Waals surface area contributed by atoms with E-state index < -0.39 is 0 Å². The molecule has 1 saturated heterocycles. The Morgan fingerprint density at radius 2 is 1.95 bits per heavy atom. The van der Waals surface area contributed by atoms with Crippen molar-refractivity contribution in [3.8, 4) is 0 Å². The Hall–Kier alpha value is -0.570. The number of rotatable bonds is 5. The number of likely N-dealkylation sites (tertiary alicyclic amines) is 1. The number of nitrogens with zero attached hydrogens (tertiary/aromatic N) is 1.